The Hall–Kier alpha value is -2.88. The first-order chi connectivity index (χ1) is 12.0. The van der Waals surface area contributed by atoms with Crippen molar-refractivity contribution in [3.8, 4) is 0 Å². The lowest BCUT2D eigenvalue weighted by Gasteiger charge is -2.11. The van der Waals surface area contributed by atoms with Crippen LogP contribution >= 0.6 is 0 Å². The maximum atomic E-state index is 12.4. The molecule has 1 amide bonds. The highest BCUT2D eigenvalue weighted by Gasteiger charge is 2.24. The number of Topliss-reactive ketones (excluding diaryl/α,β-unsaturated/α-hetero) is 1. The summed E-state index contributed by atoms with van der Waals surface area (Å²) in [6, 6.07) is 13.4. The number of benzene rings is 2. The van der Waals surface area contributed by atoms with Gasteiger partial charge in [0.25, 0.3) is 5.91 Å². The molecular formula is C21H20N2O2. The van der Waals surface area contributed by atoms with Crippen molar-refractivity contribution in [2.75, 3.05) is 5.32 Å². The van der Waals surface area contributed by atoms with Crippen molar-refractivity contribution in [1.29, 1.82) is 0 Å². The fourth-order valence-electron chi connectivity index (χ4n) is 3.66. The second-order valence-electron chi connectivity index (χ2n) is 6.71. The summed E-state index contributed by atoms with van der Waals surface area (Å²) in [6.45, 7) is 2.00. The average molecular weight is 332 g/mol. The van der Waals surface area contributed by atoms with E-state index in [1.54, 1.807) is 0 Å². The van der Waals surface area contributed by atoms with Gasteiger partial charge in [0.15, 0.2) is 5.78 Å². The van der Waals surface area contributed by atoms with Gasteiger partial charge in [-0.15, -0.1) is 0 Å². The summed E-state index contributed by atoms with van der Waals surface area (Å²) in [6.07, 6.45) is 2.42. The predicted molar refractivity (Wildman–Crippen MR) is 99.3 cm³/mol. The highest BCUT2D eigenvalue weighted by molar-refractivity contribution is 6.07. The van der Waals surface area contributed by atoms with Crippen LogP contribution < -0.4 is 5.32 Å². The van der Waals surface area contributed by atoms with Crippen molar-refractivity contribution < 1.29 is 9.59 Å². The third kappa shape index (κ3) is 2.64. The molecule has 3 aromatic rings. The molecule has 1 N–H and O–H groups in total. The van der Waals surface area contributed by atoms with Crippen molar-refractivity contribution >= 4 is 28.3 Å². The third-order valence-corrected chi connectivity index (χ3v) is 4.97. The van der Waals surface area contributed by atoms with Crippen molar-refractivity contribution in [3.05, 3.63) is 64.8 Å². The Morgan fingerprint density at radius 2 is 1.84 bits per heavy atom. The SMILES string of the molecule is Cc1ccc(C(=O)Nc2ccc3c(c2)c2c(n3C)C(=O)CCC2)cc1. The van der Waals surface area contributed by atoms with Crippen molar-refractivity contribution in [2.45, 2.75) is 26.2 Å². The van der Waals surface area contributed by atoms with Crippen LogP contribution in [0.2, 0.25) is 0 Å². The molecule has 25 heavy (non-hydrogen) atoms. The monoisotopic (exact) mass is 332 g/mol. The lowest BCUT2D eigenvalue weighted by Crippen LogP contribution is -2.13. The number of carbonyl (C=O) groups excluding carboxylic acids is 2. The first kappa shape index (κ1) is 15.6. The number of anilines is 1. The summed E-state index contributed by atoms with van der Waals surface area (Å²) in [4.78, 5) is 24.7. The number of aryl methyl sites for hydroxylation is 3. The Bertz CT molecular complexity index is 997. The van der Waals surface area contributed by atoms with E-state index >= 15 is 0 Å². The second-order valence-corrected chi connectivity index (χ2v) is 6.71. The van der Waals surface area contributed by atoms with Crippen LogP contribution in [0.4, 0.5) is 5.69 Å². The molecule has 0 unspecified atom stereocenters. The van der Waals surface area contributed by atoms with E-state index in [0.29, 0.717) is 12.0 Å². The number of nitrogens with one attached hydrogen (secondary N) is 1. The lowest BCUT2D eigenvalue weighted by molar-refractivity contribution is 0.0963. The van der Waals surface area contributed by atoms with E-state index in [0.717, 1.165) is 46.3 Å². The molecule has 0 fully saturated rings. The first-order valence-electron chi connectivity index (χ1n) is 8.57. The molecule has 0 radical (unpaired) electrons. The van der Waals surface area contributed by atoms with Gasteiger partial charge in [-0.3, -0.25) is 9.59 Å². The molecular weight excluding hydrogens is 312 g/mol. The molecule has 1 heterocycles. The van der Waals surface area contributed by atoms with Crippen LogP contribution in [0.15, 0.2) is 42.5 Å². The van der Waals surface area contributed by atoms with Crippen molar-refractivity contribution in [3.63, 3.8) is 0 Å². The standard InChI is InChI=1S/C21H20N2O2/c1-13-6-8-14(9-7-13)21(25)22-15-10-11-18-17(12-15)16-4-3-5-19(24)20(16)23(18)2/h6-12H,3-5H2,1-2H3,(H,22,25). The molecule has 126 valence electrons. The average Bonchev–Trinajstić information content (AvgIpc) is 2.89. The molecule has 1 aliphatic rings. The Labute approximate surface area is 146 Å². The zero-order valence-electron chi connectivity index (χ0n) is 14.4. The summed E-state index contributed by atoms with van der Waals surface area (Å²) >= 11 is 0. The molecule has 0 atom stereocenters. The van der Waals surface area contributed by atoms with E-state index < -0.39 is 0 Å². The van der Waals surface area contributed by atoms with Gasteiger partial charge in [0.05, 0.1) is 5.69 Å². The number of amides is 1. The molecule has 0 aliphatic heterocycles. The van der Waals surface area contributed by atoms with Crippen LogP contribution in [0.25, 0.3) is 10.9 Å². The van der Waals surface area contributed by atoms with Crippen LogP contribution in [0.1, 0.15) is 44.8 Å². The van der Waals surface area contributed by atoms with Crippen LogP contribution in [0.5, 0.6) is 0 Å². The van der Waals surface area contributed by atoms with Gasteiger partial charge in [0, 0.05) is 35.6 Å². The van der Waals surface area contributed by atoms with Crippen molar-refractivity contribution in [2.24, 2.45) is 7.05 Å². The number of carbonyl (C=O) groups is 2. The molecule has 0 spiro atoms. The summed E-state index contributed by atoms with van der Waals surface area (Å²) in [7, 11) is 1.94. The number of nitrogens with zero attached hydrogens (tertiary/aromatic N) is 1. The van der Waals surface area contributed by atoms with Crippen LogP contribution in [0.3, 0.4) is 0 Å². The molecule has 0 saturated carbocycles. The van der Waals surface area contributed by atoms with E-state index in [-0.39, 0.29) is 11.7 Å². The highest BCUT2D eigenvalue weighted by Crippen LogP contribution is 2.33. The second kappa shape index (κ2) is 5.88. The molecule has 4 rings (SSSR count). The molecule has 0 saturated heterocycles. The van der Waals surface area contributed by atoms with Gasteiger partial charge in [0.1, 0.15) is 0 Å². The Balaban J connectivity index is 1.71. The number of fused-ring (bicyclic) bond motifs is 3. The third-order valence-electron chi connectivity index (χ3n) is 4.97. The van der Waals surface area contributed by atoms with Crippen LogP contribution in [-0.4, -0.2) is 16.3 Å². The fraction of sp³-hybridized carbons (Fsp3) is 0.238. The zero-order chi connectivity index (χ0) is 17.6. The van der Waals surface area contributed by atoms with E-state index in [9.17, 15) is 9.59 Å². The van der Waals surface area contributed by atoms with Crippen LogP contribution in [0, 0.1) is 6.92 Å². The largest absolute Gasteiger partial charge is 0.341 e. The number of hydrogen-bond donors (Lipinski definition) is 1. The van der Waals surface area contributed by atoms with Gasteiger partial charge in [-0.05, 0) is 55.7 Å². The smallest absolute Gasteiger partial charge is 0.255 e. The lowest BCUT2D eigenvalue weighted by atomic mass is 9.94. The van der Waals surface area contributed by atoms with E-state index in [1.165, 1.54) is 0 Å². The normalized spacial score (nSPS) is 13.8. The summed E-state index contributed by atoms with van der Waals surface area (Å²) in [5.74, 6) is 0.0883. The maximum Gasteiger partial charge on any atom is 0.255 e. The van der Waals surface area contributed by atoms with Gasteiger partial charge >= 0.3 is 0 Å². The summed E-state index contributed by atoms with van der Waals surface area (Å²) in [5, 5.41) is 4.03. The first-order valence-corrected chi connectivity index (χ1v) is 8.57. The Morgan fingerprint density at radius 3 is 2.60 bits per heavy atom. The predicted octanol–water partition coefficient (Wildman–Crippen LogP) is 4.26. The summed E-state index contributed by atoms with van der Waals surface area (Å²) < 4.78 is 1.98. The molecule has 0 bridgehead atoms. The van der Waals surface area contributed by atoms with Crippen molar-refractivity contribution in [1.82, 2.24) is 4.57 Å². The van der Waals surface area contributed by atoms with Gasteiger partial charge in [-0.1, -0.05) is 17.7 Å². The quantitative estimate of drug-likeness (QED) is 0.762. The fourth-order valence-corrected chi connectivity index (χ4v) is 3.66. The number of aromatic nitrogens is 1. The minimum atomic E-state index is -0.125. The van der Waals surface area contributed by atoms with Gasteiger partial charge in [0.2, 0.25) is 0 Å². The Kier molecular flexibility index (Phi) is 3.68. The molecule has 4 nitrogen and oxygen atoms in total. The minimum absolute atomic E-state index is 0.125. The molecule has 1 aliphatic carbocycles. The van der Waals surface area contributed by atoms with Gasteiger partial charge in [-0.25, -0.2) is 0 Å². The topological polar surface area (TPSA) is 51.1 Å². The van der Waals surface area contributed by atoms with E-state index in [1.807, 2.05) is 61.0 Å². The minimum Gasteiger partial charge on any atom is -0.341 e. The number of hydrogen-bond acceptors (Lipinski definition) is 2. The van der Waals surface area contributed by atoms with E-state index in [2.05, 4.69) is 5.32 Å². The zero-order valence-corrected chi connectivity index (χ0v) is 14.4. The molecule has 1 aromatic heterocycles. The Morgan fingerprint density at radius 1 is 1.08 bits per heavy atom. The maximum absolute atomic E-state index is 12.4. The summed E-state index contributed by atoms with van der Waals surface area (Å²) in [5.41, 5.74) is 5.48. The van der Waals surface area contributed by atoms with Crippen LogP contribution in [-0.2, 0) is 13.5 Å². The van der Waals surface area contributed by atoms with Gasteiger partial charge < -0.3 is 9.88 Å². The highest BCUT2D eigenvalue weighted by atomic mass is 16.1. The molecule has 2 aromatic carbocycles. The number of rotatable bonds is 2. The number of ketones is 1. The molecule has 4 heteroatoms. The van der Waals surface area contributed by atoms with E-state index in [4.69, 9.17) is 0 Å². The van der Waals surface area contributed by atoms with Gasteiger partial charge in [-0.2, -0.15) is 0 Å².